The molecule has 0 aliphatic heterocycles. The van der Waals surface area contributed by atoms with E-state index in [2.05, 4.69) is 82.1 Å². The van der Waals surface area contributed by atoms with Crippen molar-refractivity contribution in [2.75, 3.05) is 6.61 Å². The van der Waals surface area contributed by atoms with E-state index in [4.69, 9.17) is 4.74 Å². The molecule has 0 aromatic heterocycles. The minimum atomic E-state index is -0.245. The molecule has 0 spiro atoms. The maximum absolute atomic E-state index is 15.5. The third kappa shape index (κ3) is 10.6. The van der Waals surface area contributed by atoms with Gasteiger partial charge in [-0.3, -0.25) is 0 Å². The fraction of sp³-hybridized carbons (Fsp3) is 0.500. The van der Waals surface area contributed by atoms with Gasteiger partial charge < -0.3 is 4.74 Å². The van der Waals surface area contributed by atoms with Gasteiger partial charge in [-0.1, -0.05) is 148 Å². The molecule has 1 aliphatic carbocycles. The SMILES string of the molecule is CCCCCCCCCCC(CCCCCCCC)COc1ccc(C=C2c3cc(Br)ccc3-c3ccc(Br)cc32)c(F)c1. The van der Waals surface area contributed by atoms with Gasteiger partial charge in [0.2, 0.25) is 0 Å². The largest absolute Gasteiger partial charge is 0.493 e. The number of halogens is 3. The van der Waals surface area contributed by atoms with E-state index < -0.39 is 0 Å². The number of hydrogen-bond donors (Lipinski definition) is 0. The Morgan fingerprint density at radius 2 is 1.11 bits per heavy atom. The predicted octanol–water partition coefficient (Wildman–Crippen LogP) is 14.2. The van der Waals surface area contributed by atoms with E-state index in [9.17, 15) is 0 Å². The van der Waals surface area contributed by atoms with Crippen molar-refractivity contribution in [1.29, 1.82) is 0 Å². The summed E-state index contributed by atoms with van der Waals surface area (Å²) in [6.45, 7) is 5.22. The van der Waals surface area contributed by atoms with E-state index in [1.165, 1.54) is 114 Å². The summed E-state index contributed by atoms with van der Waals surface area (Å²) in [7, 11) is 0. The Labute approximate surface area is 283 Å². The van der Waals surface area contributed by atoms with Crippen LogP contribution >= 0.6 is 31.9 Å². The molecule has 0 amide bonds. The van der Waals surface area contributed by atoms with Crippen LogP contribution in [0.5, 0.6) is 5.75 Å². The molecule has 44 heavy (non-hydrogen) atoms. The van der Waals surface area contributed by atoms with Crippen LogP contribution in [0.4, 0.5) is 4.39 Å². The number of rotatable bonds is 20. The smallest absolute Gasteiger partial charge is 0.134 e. The summed E-state index contributed by atoms with van der Waals surface area (Å²) in [6, 6.07) is 18.0. The summed E-state index contributed by atoms with van der Waals surface area (Å²) in [6.07, 6.45) is 23.0. The molecule has 0 fully saturated rings. The number of fused-ring (bicyclic) bond motifs is 3. The molecule has 1 atom stereocenters. The zero-order valence-electron chi connectivity index (χ0n) is 26.9. The average Bonchev–Trinajstić information content (AvgIpc) is 3.30. The Kier molecular flexibility index (Phi) is 15.0. The lowest BCUT2D eigenvalue weighted by Gasteiger charge is -2.18. The van der Waals surface area contributed by atoms with Gasteiger partial charge in [0.1, 0.15) is 11.6 Å². The quantitative estimate of drug-likeness (QED) is 0.0824. The molecule has 1 aliphatic rings. The van der Waals surface area contributed by atoms with E-state index in [1.54, 1.807) is 6.07 Å². The van der Waals surface area contributed by atoms with E-state index in [1.807, 2.05) is 18.2 Å². The fourth-order valence-electron chi connectivity index (χ4n) is 6.42. The molecule has 0 N–H and O–H groups in total. The second-order valence-electron chi connectivity index (χ2n) is 12.6. The summed E-state index contributed by atoms with van der Waals surface area (Å²) in [5, 5.41) is 0. The van der Waals surface area contributed by atoms with Gasteiger partial charge in [0.25, 0.3) is 0 Å². The molecule has 0 heterocycles. The first kappa shape index (κ1) is 35.0. The van der Waals surface area contributed by atoms with Crippen LogP contribution in [0, 0.1) is 11.7 Å². The molecule has 4 heteroatoms. The lowest BCUT2D eigenvalue weighted by Crippen LogP contribution is -2.12. The Balaban J connectivity index is 1.38. The molecule has 0 saturated heterocycles. The second kappa shape index (κ2) is 18.9. The van der Waals surface area contributed by atoms with Crippen LogP contribution in [-0.4, -0.2) is 6.61 Å². The normalized spacial score (nSPS) is 12.7. The molecule has 3 aromatic carbocycles. The van der Waals surface area contributed by atoms with E-state index >= 15 is 4.39 Å². The molecule has 1 unspecified atom stereocenters. The third-order valence-electron chi connectivity index (χ3n) is 9.02. The van der Waals surface area contributed by atoms with Gasteiger partial charge in [0.05, 0.1) is 6.61 Å². The van der Waals surface area contributed by atoms with E-state index in [-0.39, 0.29) is 5.82 Å². The minimum absolute atomic E-state index is 0.245. The van der Waals surface area contributed by atoms with E-state index in [0.717, 1.165) is 25.6 Å². The van der Waals surface area contributed by atoms with Crippen molar-refractivity contribution < 1.29 is 9.13 Å². The zero-order valence-corrected chi connectivity index (χ0v) is 30.1. The van der Waals surface area contributed by atoms with E-state index in [0.29, 0.717) is 23.8 Å². The fourth-order valence-corrected chi connectivity index (χ4v) is 7.15. The van der Waals surface area contributed by atoms with Crippen molar-refractivity contribution in [3.8, 4) is 16.9 Å². The Hall–Kier alpha value is -1.91. The van der Waals surface area contributed by atoms with Crippen LogP contribution in [-0.2, 0) is 0 Å². The van der Waals surface area contributed by atoms with Crippen LogP contribution in [0.3, 0.4) is 0 Å². The van der Waals surface area contributed by atoms with Crippen molar-refractivity contribution in [2.45, 2.75) is 117 Å². The van der Waals surface area contributed by atoms with Crippen molar-refractivity contribution in [3.63, 3.8) is 0 Å². The first-order chi connectivity index (χ1) is 21.5. The first-order valence-electron chi connectivity index (χ1n) is 17.2. The van der Waals surface area contributed by atoms with Crippen LogP contribution in [0.2, 0.25) is 0 Å². The van der Waals surface area contributed by atoms with Crippen LogP contribution < -0.4 is 4.74 Å². The van der Waals surface area contributed by atoms with Crippen molar-refractivity contribution in [2.24, 2.45) is 5.92 Å². The Morgan fingerprint density at radius 1 is 0.614 bits per heavy atom. The highest BCUT2D eigenvalue weighted by atomic mass is 79.9. The standard InChI is InChI=1S/C40H51Br2FO/c1-3-5-7-9-11-12-14-16-18-30(17-15-13-10-8-6-4-2)29-44-34-22-19-31(40(43)28-34)25-37-38-26-32(41)20-23-35(38)36-24-21-33(42)27-39(36)37/h19-28,30H,3-18,29H2,1-2H3. The zero-order chi connectivity index (χ0) is 31.1. The van der Waals surface area contributed by atoms with Gasteiger partial charge in [-0.25, -0.2) is 4.39 Å². The highest BCUT2D eigenvalue weighted by Crippen LogP contribution is 2.47. The van der Waals surface area contributed by atoms with Gasteiger partial charge in [-0.05, 0) is 89.1 Å². The lowest BCUT2D eigenvalue weighted by atomic mass is 9.94. The molecular weight excluding hydrogens is 675 g/mol. The van der Waals surface area contributed by atoms with Crippen LogP contribution in [0.15, 0.2) is 63.5 Å². The second-order valence-corrected chi connectivity index (χ2v) is 14.4. The maximum atomic E-state index is 15.5. The van der Waals surface area contributed by atoms with Crippen molar-refractivity contribution in [3.05, 3.63) is 86.1 Å². The molecule has 238 valence electrons. The third-order valence-corrected chi connectivity index (χ3v) is 10.0. The number of unbranched alkanes of at least 4 members (excludes halogenated alkanes) is 12. The predicted molar refractivity (Wildman–Crippen MR) is 195 cm³/mol. The molecule has 1 nitrogen and oxygen atoms in total. The van der Waals surface area contributed by atoms with Crippen molar-refractivity contribution >= 4 is 43.5 Å². The molecule has 0 bridgehead atoms. The molecule has 3 aromatic rings. The minimum Gasteiger partial charge on any atom is -0.493 e. The topological polar surface area (TPSA) is 9.23 Å². The number of ether oxygens (including phenoxy) is 1. The number of benzene rings is 3. The van der Waals surface area contributed by atoms with Gasteiger partial charge >= 0.3 is 0 Å². The molecular formula is C40H51Br2FO. The Bertz CT molecular complexity index is 1290. The molecule has 0 saturated carbocycles. The lowest BCUT2D eigenvalue weighted by molar-refractivity contribution is 0.223. The van der Waals surface area contributed by atoms with Gasteiger partial charge in [-0.2, -0.15) is 0 Å². The summed E-state index contributed by atoms with van der Waals surface area (Å²) in [5.74, 6) is 0.922. The van der Waals surface area contributed by atoms with Crippen LogP contribution in [0.1, 0.15) is 133 Å². The molecule has 4 rings (SSSR count). The summed E-state index contributed by atoms with van der Waals surface area (Å²) >= 11 is 7.25. The average molecular weight is 727 g/mol. The van der Waals surface area contributed by atoms with Gasteiger partial charge in [0, 0.05) is 20.6 Å². The summed E-state index contributed by atoms with van der Waals surface area (Å²) < 4.78 is 23.8. The highest BCUT2D eigenvalue weighted by molar-refractivity contribution is 9.10. The van der Waals surface area contributed by atoms with Crippen molar-refractivity contribution in [1.82, 2.24) is 0 Å². The Morgan fingerprint density at radius 3 is 1.61 bits per heavy atom. The van der Waals surface area contributed by atoms with Gasteiger partial charge in [-0.15, -0.1) is 0 Å². The first-order valence-corrected chi connectivity index (χ1v) is 18.8. The molecule has 0 radical (unpaired) electrons. The number of hydrogen-bond acceptors (Lipinski definition) is 1. The highest BCUT2D eigenvalue weighted by Gasteiger charge is 2.24. The summed E-state index contributed by atoms with van der Waals surface area (Å²) in [5.41, 5.74) is 6.20. The maximum Gasteiger partial charge on any atom is 0.134 e. The summed E-state index contributed by atoms with van der Waals surface area (Å²) in [4.78, 5) is 0. The van der Waals surface area contributed by atoms with Crippen LogP contribution in [0.25, 0.3) is 22.8 Å². The van der Waals surface area contributed by atoms with Gasteiger partial charge in [0.15, 0.2) is 0 Å². The monoisotopic (exact) mass is 724 g/mol.